The number of halogens is 1. The van der Waals surface area contributed by atoms with Crippen molar-refractivity contribution in [2.75, 3.05) is 18.9 Å². The zero-order valence-electron chi connectivity index (χ0n) is 16.0. The molecule has 0 bridgehead atoms. The van der Waals surface area contributed by atoms with Gasteiger partial charge < -0.3 is 20.9 Å². The normalized spacial score (nSPS) is 11.8. The van der Waals surface area contributed by atoms with Gasteiger partial charge in [0.1, 0.15) is 6.61 Å². The van der Waals surface area contributed by atoms with E-state index in [2.05, 4.69) is 41.4 Å². The molecule has 0 radical (unpaired) electrons. The summed E-state index contributed by atoms with van der Waals surface area (Å²) in [4.78, 5) is 12.1. The molecule has 0 saturated carbocycles. The Labute approximate surface area is 179 Å². The van der Waals surface area contributed by atoms with Gasteiger partial charge in [0, 0.05) is 10.9 Å². The van der Waals surface area contributed by atoms with Crippen LogP contribution in [-0.4, -0.2) is 24.4 Å². The van der Waals surface area contributed by atoms with E-state index in [9.17, 15) is 9.90 Å². The summed E-state index contributed by atoms with van der Waals surface area (Å²) in [5.74, 6) is 5.36. The highest BCUT2D eigenvalue weighted by Crippen LogP contribution is 2.44. The van der Waals surface area contributed by atoms with Crippen molar-refractivity contribution in [2.24, 2.45) is 0 Å². The average molecular weight is 419 g/mol. The molecule has 5 nitrogen and oxygen atoms in total. The van der Waals surface area contributed by atoms with Crippen molar-refractivity contribution in [3.8, 4) is 28.7 Å². The fraction of sp³-hybridized carbons (Fsp3) is 0.125. The van der Waals surface area contributed by atoms with Crippen LogP contribution < -0.4 is 11.1 Å². The number of rotatable bonds is 3. The van der Waals surface area contributed by atoms with Gasteiger partial charge >= 0.3 is 6.09 Å². The van der Waals surface area contributed by atoms with E-state index in [-0.39, 0.29) is 30.5 Å². The van der Waals surface area contributed by atoms with Crippen molar-refractivity contribution in [2.45, 2.75) is 5.92 Å². The number of alkyl carbamates (subject to hydrolysis) is 1. The third-order valence-corrected chi connectivity index (χ3v) is 5.21. The first-order valence-corrected chi connectivity index (χ1v) is 9.78. The molecule has 0 atom stereocenters. The van der Waals surface area contributed by atoms with Crippen LogP contribution in [0.25, 0.3) is 11.1 Å². The van der Waals surface area contributed by atoms with Crippen molar-refractivity contribution >= 4 is 23.4 Å². The second-order valence-corrected chi connectivity index (χ2v) is 7.31. The Morgan fingerprint density at radius 1 is 1.10 bits per heavy atom. The standard InChI is InChI=1S/C24H19ClN2O3/c25-16-12-15(23(28)22(26)13-16)6-5-11-27-24(29)30-14-21-19-9-3-1-7-17(19)18-8-2-4-10-20(18)21/h1-4,7-10,12-13,21,28H,11,14,26H2,(H,27,29). The van der Waals surface area contributed by atoms with Crippen molar-refractivity contribution in [1.82, 2.24) is 5.32 Å². The summed E-state index contributed by atoms with van der Waals surface area (Å²) in [7, 11) is 0. The molecule has 1 amide bonds. The number of nitrogens with two attached hydrogens (primary N) is 1. The Morgan fingerprint density at radius 2 is 1.73 bits per heavy atom. The van der Waals surface area contributed by atoms with Crippen LogP contribution in [0.3, 0.4) is 0 Å². The number of aromatic hydroxyl groups is 1. The first-order chi connectivity index (χ1) is 14.5. The van der Waals surface area contributed by atoms with E-state index in [1.165, 1.54) is 23.3 Å². The summed E-state index contributed by atoms with van der Waals surface area (Å²) in [6.07, 6.45) is -0.555. The Morgan fingerprint density at radius 3 is 2.40 bits per heavy atom. The first kappa shape index (κ1) is 19.7. The van der Waals surface area contributed by atoms with Gasteiger partial charge in [-0.15, -0.1) is 0 Å². The zero-order chi connectivity index (χ0) is 21.1. The predicted molar refractivity (Wildman–Crippen MR) is 117 cm³/mol. The van der Waals surface area contributed by atoms with Crippen LogP contribution in [0.4, 0.5) is 10.5 Å². The van der Waals surface area contributed by atoms with Gasteiger partial charge in [-0.25, -0.2) is 4.79 Å². The highest BCUT2D eigenvalue weighted by Gasteiger charge is 2.28. The number of carbonyl (C=O) groups excluding carboxylic acids is 1. The molecule has 1 aliphatic rings. The quantitative estimate of drug-likeness (QED) is 0.332. The molecule has 150 valence electrons. The molecule has 6 heteroatoms. The van der Waals surface area contributed by atoms with Crippen LogP contribution in [0.2, 0.25) is 5.02 Å². The van der Waals surface area contributed by atoms with Crippen LogP contribution >= 0.6 is 11.6 Å². The molecule has 4 N–H and O–H groups in total. The number of anilines is 1. The number of ether oxygens (including phenoxy) is 1. The minimum atomic E-state index is -0.555. The molecular formula is C24H19ClN2O3. The van der Waals surface area contributed by atoms with Crippen molar-refractivity contribution in [3.05, 3.63) is 82.4 Å². The molecule has 3 aromatic carbocycles. The predicted octanol–water partition coefficient (Wildman–Crippen LogP) is 4.52. The van der Waals surface area contributed by atoms with Gasteiger partial charge in [0.15, 0.2) is 5.75 Å². The summed E-state index contributed by atoms with van der Waals surface area (Å²) < 4.78 is 5.45. The summed E-state index contributed by atoms with van der Waals surface area (Å²) in [6, 6.07) is 19.3. The molecule has 0 spiro atoms. The fourth-order valence-electron chi connectivity index (χ4n) is 3.62. The average Bonchev–Trinajstić information content (AvgIpc) is 3.07. The number of hydrogen-bond acceptors (Lipinski definition) is 4. The third-order valence-electron chi connectivity index (χ3n) is 4.99. The third kappa shape index (κ3) is 3.91. The van der Waals surface area contributed by atoms with E-state index >= 15 is 0 Å². The number of nitrogens with one attached hydrogen (secondary N) is 1. The van der Waals surface area contributed by atoms with Crippen molar-refractivity contribution in [1.29, 1.82) is 0 Å². The van der Waals surface area contributed by atoms with Gasteiger partial charge in [-0.2, -0.15) is 0 Å². The molecule has 0 fully saturated rings. The van der Waals surface area contributed by atoms with E-state index in [1.54, 1.807) is 0 Å². The highest BCUT2D eigenvalue weighted by molar-refractivity contribution is 6.31. The number of hydrogen-bond donors (Lipinski definition) is 3. The summed E-state index contributed by atoms with van der Waals surface area (Å²) in [5, 5.41) is 12.9. The Balaban J connectivity index is 1.37. The largest absolute Gasteiger partial charge is 0.505 e. The highest BCUT2D eigenvalue weighted by atomic mass is 35.5. The molecule has 0 saturated heterocycles. The van der Waals surface area contributed by atoms with Crippen LogP contribution in [0.5, 0.6) is 5.75 Å². The number of phenols is 1. The molecule has 3 aromatic rings. The van der Waals surface area contributed by atoms with E-state index in [0.717, 1.165) is 11.1 Å². The maximum Gasteiger partial charge on any atom is 0.407 e. The van der Waals surface area contributed by atoms with Crippen LogP contribution in [-0.2, 0) is 4.74 Å². The fourth-order valence-corrected chi connectivity index (χ4v) is 3.85. The van der Waals surface area contributed by atoms with Gasteiger partial charge in [-0.1, -0.05) is 72.0 Å². The van der Waals surface area contributed by atoms with Gasteiger partial charge in [-0.05, 0) is 34.4 Å². The lowest BCUT2D eigenvalue weighted by molar-refractivity contribution is 0.144. The zero-order valence-corrected chi connectivity index (χ0v) is 16.7. The number of carbonyl (C=O) groups is 1. The summed E-state index contributed by atoms with van der Waals surface area (Å²) in [6.45, 7) is 0.293. The smallest absolute Gasteiger partial charge is 0.407 e. The van der Waals surface area contributed by atoms with Crippen LogP contribution in [0, 0.1) is 11.8 Å². The SMILES string of the molecule is Nc1cc(Cl)cc(C#CCNC(=O)OCC2c3ccccc3-c3ccccc32)c1O. The van der Waals surface area contributed by atoms with Crippen molar-refractivity contribution < 1.29 is 14.6 Å². The first-order valence-electron chi connectivity index (χ1n) is 9.40. The lowest BCUT2D eigenvalue weighted by Crippen LogP contribution is -2.26. The molecule has 4 rings (SSSR count). The van der Waals surface area contributed by atoms with Gasteiger partial charge in [0.2, 0.25) is 0 Å². The maximum atomic E-state index is 12.1. The van der Waals surface area contributed by atoms with E-state index in [4.69, 9.17) is 22.1 Å². The molecule has 0 heterocycles. The van der Waals surface area contributed by atoms with E-state index in [0.29, 0.717) is 10.6 Å². The van der Waals surface area contributed by atoms with Gasteiger partial charge in [0.25, 0.3) is 0 Å². The molecule has 30 heavy (non-hydrogen) atoms. The van der Waals surface area contributed by atoms with Gasteiger partial charge in [0.05, 0.1) is 17.8 Å². The Kier molecular flexibility index (Phi) is 5.51. The maximum absolute atomic E-state index is 12.1. The monoisotopic (exact) mass is 418 g/mol. The molecule has 1 aliphatic carbocycles. The number of amides is 1. The second-order valence-electron chi connectivity index (χ2n) is 6.87. The summed E-state index contributed by atoms with van der Waals surface area (Å²) in [5.41, 5.74) is 10.8. The topological polar surface area (TPSA) is 84.6 Å². The van der Waals surface area contributed by atoms with Crippen molar-refractivity contribution in [3.63, 3.8) is 0 Å². The lowest BCUT2D eigenvalue weighted by atomic mass is 9.98. The number of phenolic OH excluding ortho intramolecular Hbond substituents is 1. The second kappa shape index (κ2) is 8.40. The van der Waals surface area contributed by atoms with E-state index in [1.807, 2.05) is 24.3 Å². The Bertz CT molecular complexity index is 1140. The summed E-state index contributed by atoms with van der Waals surface area (Å²) >= 11 is 5.91. The molecular weight excluding hydrogens is 400 g/mol. The lowest BCUT2D eigenvalue weighted by Gasteiger charge is -2.14. The molecule has 0 unspecified atom stereocenters. The van der Waals surface area contributed by atoms with Gasteiger partial charge in [-0.3, -0.25) is 0 Å². The van der Waals surface area contributed by atoms with Crippen LogP contribution in [0.1, 0.15) is 22.6 Å². The minimum Gasteiger partial charge on any atom is -0.505 e. The number of fused-ring (bicyclic) bond motifs is 3. The molecule has 0 aliphatic heterocycles. The van der Waals surface area contributed by atoms with Crippen LogP contribution in [0.15, 0.2) is 60.7 Å². The molecule has 0 aromatic heterocycles. The number of benzene rings is 3. The van der Waals surface area contributed by atoms with E-state index < -0.39 is 6.09 Å². The minimum absolute atomic E-state index is 0.000571. The Hall–Kier alpha value is -3.62. The number of nitrogen functional groups attached to an aromatic ring is 1.